The first-order valence-electron chi connectivity index (χ1n) is 12.3. The SMILES string of the molecule is CC(C)(C)OC(=O)N1CCC(Nc2ccc(Cl)cc2)(C(=O)Nc2cccc(-c3csc(C(=N)N)c3)c2)CC1. The van der Waals surface area contributed by atoms with Crippen molar-refractivity contribution in [3.05, 3.63) is 69.9 Å². The Morgan fingerprint density at radius 1 is 1.05 bits per heavy atom. The number of halogens is 1. The van der Waals surface area contributed by atoms with Gasteiger partial charge in [0, 0.05) is 29.5 Å². The van der Waals surface area contributed by atoms with E-state index >= 15 is 0 Å². The summed E-state index contributed by atoms with van der Waals surface area (Å²) in [5, 5.41) is 16.7. The highest BCUT2D eigenvalue weighted by atomic mass is 35.5. The Hall–Kier alpha value is -3.56. The number of carbonyl (C=O) groups excluding carboxylic acids is 2. The highest BCUT2D eigenvalue weighted by Crippen LogP contribution is 2.32. The van der Waals surface area contributed by atoms with Crippen molar-refractivity contribution >= 4 is 52.1 Å². The summed E-state index contributed by atoms with van der Waals surface area (Å²) in [6.07, 6.45) is 0.408. The van der Waals surface area contributed by atoms with Crippen LogP contribution in [0, 0.1) is 5.41 Å². The van der Waals surface area contributed by atoms with Gasteiger partial charge in [0.1, 0.15) is 17.0 Å². The molecule has 3 aromatic rings. The van der Waals surface area contributed by atoms with Gasteiger partial charge in [-0.3, -0.25) is 10.2 Å². The normalized spacial score (nSPS) is 15.0. The van der Waals surface area contributed by atoms with E-state index in [0.717, 1.165) is 16.8 Å². The van der Waals surface area contributed by atoms with Gasteiger partial charge in [-0.05, 0) is 92.6 Å². The number of ether oxygens (including phenoxy) is 1. The Morgan fingerprint density at radius 3 is 2.34 bits per heavy atom. The average Bonchev–Trinajstić information content (AvgIpc) is 3.36. The molecule has 5 N–H and O–H groups in total. The number of carbonyl (C=O) groups is 2. The van der Waals surface area contributed by atoms with E-state index in [4.69, 9.17) is 27.5 Å². The Bertz CT molecular complexity index is 1320. The molecule has 0 saturated carbocycles. The zero-order chi connectivity index (χ0) is 27.5. The molecule has 0 atom stereocenters. The van der Waals surface area contributed by atoms with Crippen molar-refractivity contribution in [3.63, 3.8) is 0 Å². The van der Waals surface area contributed by atoms with Crippen molar-refractivity contribution in [2.75, 3.05) is 23.7 Å². The number of nitrogens with zero attached hydrogens (tertiary/aromatic N) is 1. The third kappa shape index (κ3) is 6.65. The number of hydrogen-bond acceptors (Lipinski definition) is 6. The zero-order valence-electron chi connectivity index (χ0n) is 21.6. The number of anilines is 2. The number of thiophene rings is 1. The summed E-state index contributed by atoms with van der Waals surface area (Å²) in [5.41, 5.74) is 7.32. The molecule has 2 aromatic carbocycles. The second kappa shape index (κ2) is 11.0. The second-order valence-corrected chi connectivity index (χ2v) is 11.7. The number of hydrogen-bond donors (Lipinski definition) is 4. The van der Waals surface area contributed by atoms with E-state index in [1.807, 2.05) is 68.6 Å². The molecule has 200 valence electrons. The van der Waals surface area contributed by atoms with Crippen molar-refractivity contribution in [1.29, 1.82) is 5.41 Å². The third-order valence-corrected chi connectivity index (χ3v) is 7.47. The molecule has 1 aliphatic rings. The average molecular weight is 554 g/mol. The summed E-state index contributed by atoms with van der Waals surface area (Å²) in [6.45, 7) is 6.23. The Morgan fingerprint density at radius 2 is 1.74 bits per heavy atom. The van der Waals surface area contributed by atoms with Gasteiger partial charge < -0.3 is 26.0 Å². The van der Waals surface area contributed by atoms with E-state index in [-0.39, 0.29) is 17.8 Å². The molecule has 38 heavy (non-hydrogen) atoms. The molecule has 10 heteroatoms. The van der Waals surface area contributed by atoms with E-state index in [9.17, 15) is 9.59 Å². The summed E-state index contributed by atoms with van der Waals surface area (Å²) >= 11 is 7.47. The van der Waals surface area contributed by atoms with Gasteiger partial charge >= 0.3 is 6.09 Å². The highest BCUT2D eigenvalue weighted by molar-refractivity contribution is 7.12. The van der Waals surface area contributed by atoms with E-state index in [1.54, 1.807) is 17.0 Å². The van der Waals surface area contributed by atoms with Gasteiger partial charge in [-0.15, -0.1) is 11.3 Å². The number of nitrogen functional groups attached to an aromatic ring is 1. The van der Waals surface area contributed by atoms with Gasteiger partial charge in [0.25, 0.3) is 0 Å². The van der Waals surface area contributed by atoms with Gasteiger partial charge in [0.15, 0.2) is 0 Å². The van der Waals surface area contributed by atoms with Crippen molar-refractivity contribution < 1.29 is 14.3 Å². The lowest BCUT2D eigenvalue weighted by molar-refractivity contribution is -0.121. The number of amides is 2. The Balaban J connectivity index is 1.55. The number of benzene rings is 2. The van der Waals surface area contributed by atoms with Gasteiger partial charge in [-0.1, -0.05) is 23.7 Å². The van der Waals surface area contributed by atoms with Crippen LogP contribution in [0.25, 0.3) is 11.1 Å². The minimum atomic E-state index is -0.952. The van der Waals surface area contributed by atoms with Crippen molar-refractivity contribution in [2.45, 2.75) is 44.8 Å². The lowest BCUT2D eigenvalue weighted by Crippen LogP contribution is -2.57. The first kappa shape index (κ1) is 27.5. The molecular weight excluding hydrogens is 522 g/mol. The van der Waals surface area contributed by atoms with Crippen molar-refractivity contribution in [2.24, 2.45) is 5.73 Å². The molecule has 0 radical (unpaired) electrons. The van der Waals surface area contributed by atoms with Gasteiger partial charge in [-0.25, -0.2) is 4.79 Å². The smallest absolute Gasteiger partial charge is 0.410 e. The van der Waals surface area contributed by atoms with E-state index < -0.39 is 11.1 Å². The van der Waals surface area contributed by atoms with E-state index in [0.29, 0.717) is 41.5 Å². The maximum Gasteiger partial charge on any atom is 0.410 e. The lowest BCUT2D eigenvalue weighted by atomic mass is 9.86. The molecule has 1 aromatic heterocycles. The van der Waals surface area contributed by atoms with Gasteiger partial charge in [0.2, 0.25) is 5.91 Å². The predicted molar refractivity (Wildman–Crippen MR) is 154 cm³/mol. The van der Waals surface area contributed by atoms with E-state index in [2.05, 4.69) is 10.6 Å². The maximum atomic E-state index is 13.8. The van der Waals surface area contributed by atoms with Crippen molar-refractivity contribution in [3.8, 4) is 11.1 Å². The van der Waals surface area contributed by atoms with Crippen LogP contribution in [0.4, 0.5) is 16.2 Å². The predicted octanol–water partition coefficient (Wildman–Crippen LogP) is 6.17. The van der Waals surface area contributed by atoms with Crippen LogP contribution in [0.5, 0.6) is 0 Å². The summed E-state index contributed by atoms with van der Waals surface area (Å²) in [6, 6.07) is 16.6. The largest absolute Gasteiger partial charge is 0.444 e. The molecule has 0 aliphatic carbocycles. The summed E-state index contributed by atoms with van der Waals surface area (Å²) in [7, 11) is 0. The maximum absolute atomic E-state index is 13.8. The van der Waals surface area contributed by atoms with Crippen LogP contribution in [-0.2, 0) is 9.53 Å². The standard InChI is InChI=1S/C28H32ClN5O3S/c1-27(2,3)37-26(36)34-13-11-28(12-14-34,33-21-9-7-20(29)8-10-21)25(35)32-22-6-4-5-18(15-22)19-16-23(24(30)31)38-17-19/h4-10,15-17,33H,11-14H2,1-3H3,(H3,30,31)(H,32,35). The van der Waals surface area contributed by atoms with Crippen LogP contribution in [0.2, 0.25) is 5.02 Å². The third-order valence-electron chi connectivity index (χ3n) is 6.25. The monoisotopic (exact) mass is 553 g/mol. The molecule has 1 fully saturated rings. The molecule has 8 nitrogen and oxygen atoms in total. The van der Waals surface area contributed by atoms with Gasteiger partial charge in [0.05, 0.1) is 4.88 Å². The number of likely N-dealkylation sites (tertiary alicyclic amines) is 1. The molecule has 2 amide bonds. The van der Waals surface area contributed by atoms with Gasteiger partial charge in [-0.2, -0.15) is 0 Å². The zero-order valence-corrected chi connectivity index (χ0v) is 23.2. The minimum absolute atomic E-state index is 0.0265. The topological polar surface area (TPSA) is 121 Å². The number of amidine groups is 1. The molecule has 1 saturated heterocycles. The van der Waals surface area contributed by atoms with Crippen LogP contribution >= 0.6 is 22.9 Å². The molecule has 1 aliphatic heterocycles. The van der Waals surface area contributed by atoms with Crippen LogP contribution in [0.3, 0.4) is 0 Å². The fraction of sp³-hybridized carbons (Fsp3) is 0.321. The fourth-order valence-electron chi connectivity index (χ4n) is 4.27. The van der Waals surface area contributed by atoms with Crippen molar-refractivity contribution in [1.82, 2.24) is 4.90 Å². The molecule has 4 rings (SSSR count). The first-order valence-corrected chi connectivity index (χ1v) is 13.6. The summed E-state index contributed by atoms with van der Waals surface area (Å²) in [4.78, 5) is 28.8. The van der Waals surface area contributed by atoms with Crippen LogP contribution in [0.1, 0.15) is 38.5 Å². The van der Waals surface area contributed by atoms with Crippen LogP contribution in [-0.4, -0.2) is 47.0 Å². The van der Waals surface area contributed by atoms with Crippen LogP contribution in [0.15, 0.2) is 60.0 Å². The molecular formula is C28H32ClN5O3S. The van der Waals surface area contributed by atoms with E-state index in [1.165, 1.54) is 11.3 Å². The Labute approximate surface area is 231 Å². The number of piperidine rings is 1. The molecule has 2 heterocycles. The summed E-state index contributed by atoms with van der Waals surface area (Å²) < 4.78 is 5.54. The number of rotatable bonds is 6. The Kier molecular flexibility index (Phi) is 7.99. The summed E-state index contributed by atoms with van der Waals surface area (Å²) in [5.74, 6) is -0.165. The molecule has 0 bridgehead atoms. The molecule has 0 spiro atoms. The second-order valence-electron chi connectivity index (χ2n) is 10.3. The minimum Gasteiger partial charge on any atom is -0.444 e. The van der Waals surface area contributed by atoms with Crippen LogP contribution < -0.4 is 16.4 Å². The quantitative estimate of drug-likeness (QED) is 0.215. The highest BCUT2D eigenvalue weighted by Gasteiger charge is 2.43. The first-order chi connectivity index (χ1) is 17.9. The number of nitrogens with two attached hydrogens (primary N) is 1. The number of nitrogens with one attached hydrogen (secondary N) is 3. The molecule has 0 unspecified atom stereocenters. The fourth-order valence-corrected chi connectivity index (χ4v) is 5.18. The lowest BCUT2D eigenvalue weighted by Gasteiger charge is -2.41.